The fourth-order valence-corrected chi connectivity index (χ4v) is 2.55. The van der Waals surface area contributed by atoms with Crippen LogP contribution in [-0.4, -0.2) is 36.6 Å². The molecular weight excluding hydrogens is 266 g/mol. The van der Waals surface area contributed by atoms with Gasteiger partial charge in [-0.3, -0.25) is 0 Å². The van der Waals surface area contributed by atoms with E-state index >= 15 is 0 Å². The van der Waals surface area contributed by atoms with Crippen LogP contribution in [0.5, 0.6) is 5.75 Å². The summed E-state index contributed by atoms with van der Waals surface area (Å²) in [6, 6.07) is 5.31. The second-order valence-corrected chi connectivity index (χ2v) is 5.53. The first kappa shape index (κ1) is 14.6. The molecule has 0 bridgehead atoms. The van der Waals surface area contributed by atoms with Crippen molar-refractivity contribution in [1.29, 1.82) is 0 Å². The van der Waals surface area contributed by atoms with Crippen LogP contribution < -0.4 is 5.32 Å². The average molecular weight is 286 g/mol. The Balaban J connectivity index is 1.90. The molecule has 1 aliphatic heterocycles. The minimum Gasteiger partial charge on any atom is -0.506 e. The molecule has 2 rings (SSSR count). The van der Waals surface area contributed by atoms with E-state index in [0.29, 0.717) is 31.3 Å². The summed E-state index contributed by atoms with van der Waals surface area (Å²) in [5.74, 6) is 0.127. The van der Waals surface area contributed by atoms with Crippen LogP contribution in [0.4, 0.5) is 0 Å². The number of para-hydroxylation sites is 1. The Kier molecular flexibility index (Phi) is 5.05. The van der Waals surface area contributed by atoms with Crippen LogP contribution in [0, 0.1) is 5.41 Å². The molecule has 1 aromatic rings. The average Bonchev–Trinajstić information content (AvgIpc) is 2.44. The standard InChI is InChI=1S/C14H20ClNO3/c15-12-3-1-2-11(13(12)18)8-16-9-14(10-17)4-6-19-7-5-14/h1-3,16-18H,4-10H2. The Morgan fingerprint density at radius 3 is 2.74 bits per heavy atom. The smallest absolute Gasteiger partial charge is 0.138 e. The van der Waals surface area contributed by atoms with Crippen molar-refractivity contribution < 1.29 is 14.9 Å². The number of phenolic OH excluding ortho intramolecular Hbond substituents is 1. The molecule has 19 heavy (non-hydrogen) atoms. The quantitative estimate of drug-likeness (QED) is 0.774. The maximum absolute atomic E-state index is 9.81. The summed E-state index contributed by atoms with van der Waals surface area (Å²) in [4.78, 5) is 0. The Bertz CT molecular complexity index is 419. The van der Waals surface area contributed by atoms with Gasteiger partial charge in [0, 0.05) is 37.3 Å². The lowest BCUT2D eigenvalue weighted by Crippen LogP contribution is -2.41. The van der Waals surface area contributed by atoms with Crippen molar-refractivity contribution in [3.05, 3.63) is 28.8 Å². The molecule has 4 nitrogen and oxygen atoms in total. The van der Waals surface area contributed by atoms with Crippen LogP contribution in [0.15, 0.2) is 18.2 Å². The number of aromatic hydroxyl groups is 1. The number of rotatable bonds is 5. The Labute approximate surface area is 118 Å². The van der Waals surface area contributed by atoms with Crippen LogP contribution in [0.1, 0.15) is 18.4 Å². The molecule has 106 valence electrons. The van der Waals surface area contributed by atoms with E-state index in [2.05, 4.69) is 5.32 Å². The van der Waals surface area contributed by atoms with Crippen LogP contribution in [0.3, 0.4) is 0 Å². The first-order valence-corrected chi connectivity index (χ1v) is 6.90. The molecular formula is C14H20ClNO3. The number of benzene rings is 1. The summed E-state index contributed by atoms with van der Waals surface area (Å²) in [6.45, 7) is 2.80. The van der Waals surface area contributed by atoms with Crippen molar-refractivity contribution >= 4 is 11.6 Å². The molecule has 0 saturated carbocycles. The maximum atomic E-state index is 9.81. The molecule has 0 radical (unpaired) electrons. The van der Waals surface area contributed by atoms with Crippen molar-refractivity contribution in [3.63, 3.8) is 0 Å². The lowest BCUT2D eigenvalue weighted by molar-refractivity contribution is -0.0154. The summed E-state index contributed by atoms with van der Waals surface area (Å²) in [5, 5.41) is 23.0. The first-order chi connectivity index (χ1) is 9.17. The van der Waals surface area contributed by atoms with Gasteiger partial charge in [-0.2, -0.15) is 0 Å². The second-order valence-electron chi connectivity index (χ2n) is 5.12. The largest absolute Gasteiger partial charge is 0.506 e. The molecule has 0 aliphatic carbocycles. The summed E-state index contributed by atoms with van der Waals surface area (Å²) in [7, 11) is 0. The van der Waals surface area contributed by atoms with Crippen molar-refractivity contribution in [2.45, 2.75) is 19.4 Å². The zero-order chi connectivity index (χ0) is 13.7. The minimum absolute atomic E-state index is 0.105. The molecule has 1 fully saturated rings. The molecule has 0 aromatic heterocycles. The zero-order valence-electron chi connectivity index (χ0n) is 10.9. The number of ether oxygens (including phenoxy) is 1. The lowest BCUT2D eigenvalue weighted by Gasteiger charge is -2.35. The van der Waals surface area contributed by atoms with Gasteiger partial charge in [-0.1, -0.05) is 23.7 Å². The molecule has 1 saturated heterocycles. The van der Waals surface area contributed by atoms with E-state index in [1.54, 1.807) is 6.07 Å². The number of aliphatic hydroxyl groups is 1. The number of aliphatic hydroxyl groups excluding tert-OH is 1. The molecule has 0 spiro atoms. The van der Waals surface area contributed by atoms with Gasteiger partial charge < -0.3 is 20.3 Å². The van der Waals surface area contributed by atoms with E-state index in [4.69, 9.17) is 16.3 Å². The van der Waals surface area contributed by atoms with Gasteiger partial charge in [-0.15, -0.1) is 0 Å². The predicted octanol–water partition coefficient (Wildman–Crippen LogP) is 1.92. The summed E-state index contributed by atoms with van der Waals surface area (Å²) >= 11 is 5.86. The van der Waals surface area contributed by atoms with Crippen molar-refractivity contribution in [2.24, 2.45) is 5.41 Å². The molecule has 0 amide bonds. The number of nitrogens with one attached hydrogen (secondary N) is 1. The SMILES string of the molecule is OCC1(CNCc2cccc(Cl)c2O)CCOCC1. The number of halogens is 1. The van der Waals surface area contributed by atoms with Gasteiger partial charge in [-0.25, -0.2) is 0 Å². The van der Waals surface area contributed by atoms with Gasteiger partial charge in [0.1, 0.15) is 5.75 Å². The number of hydrogen-bond donors (Lipinski definition) is 3. The number of hydrogen-bond acceptors (Lipinski definition) is 4. The van der Waals surface area contributed by atoms with Crippen LogP contribution in [0.2, 0.25) is 5.02 Å². The molecule has 0 atom stereocenters. The second kappa shape index (κ2) is 6.57. The predicted molar refractivity (Wildman–Crippen MR) is 74.4 cm³/mol. The molecule has 1 aliphatic rings. The topological polar surface area (TPSA) is 61.7 Å². The maximum Gasteiger partial charge on any atom is 0.138 e. The highest BCUT2D eigenvalue weighted by atomic mass is 35.5. The van der Waals surface area contributed by atoms with Gasteiger partial charge in [0.2, 0.25) is 0 Å². The summed E-state index contributed by atoms with van der Waals surface area (Å²) in [5.41, 5.74) is 0.666. The Hall–Kier alpha value is -0.810. The van der Waals surface area contributed by atoms with Crippen molar-refractivity contribution in [1.82, 2.24) is 5.32 Å². The van der Waals surface area contributed by atoms with E-state index in [1.165, 1.54) is 0 Å². The van der Waals surface area contributed by atoms with Gasteiger partial charge in [0.25, 0.3) is 0 Å². The number of phenols is 1. The monoisotopic (exact) mass is 285 g/mol. The minimum atomic E-state index is -0.105. The van der Waals surface area contributed by atoms with E-state index < -0.39 is 0 Å². The molecule has 0 unspecified atom stereocenters. The van der Waals surface area contributed by atoms with E-state index in [9.17, 15) is 10.2 Å². The third-order valence-corrected chi connectivity index (χ3v) is 4.08. The van der Waals surface area contributed by atoms with Crippen molar-refractivity contribution in [3.8, 4) is 5.75 Å². The third kappa shape index (κ3) is 3.60. The molecule has 1 aromatic carbocycles. The highest BCUT2D eigenvalue weighted by Crippen LogP contribution is 2.30. The van der Waals surface area contributed by atoms with Crippen molar-refractivity contribution in [2.75, 3.05) is 26.4 Å². The summed E-state index contributed by atoms with van der Waals surface area (Å²) in [6.07, 6.45) is 1.72. The Morgan fingerprint density at radius 2 is 2.05 bits per heavy atom. The lowest BCUT2D eigenvalue weighted by atomic mass is 9.81. The van der Waals surface area contributed by atoms with Crippen LogP contribution in [0.25, 0.3) is 0 Å². The highest BCUT2D eigenvalue weighted by molar-refractivity contribution is 6.32. The third-order valence-electron chi connectivity index (χ3n) is 3.77. The fraction of sp³-hybridized carbons (Fsp3) is 0.571. The van der Waals surface area contributed by atoms with E-state index in [0.717, 1.165) is 18.4 Å². The Morgan fingerprint density at radius 1 is 1.32 bits per heavy atom. The highest BCUT2D eigenvalue weighted by Gasteiger charge is 2.31. The molecule has 3 N–H and O–H groups in total. The fourth-order valence-electron chi connectivity index (χ4n) is 2.36. The molecule has 1 heterocycles. The van der Waals surface area contributed by atoms with Gasteiger partial charge >= 0.3 is 0 Å². The molecule has 5 heteroatoms. The zero-order valence-corrected chi connectivity index (χ0v) is 11.6. The van der Waals surface area contributed by atoms with Gasteiger partial charge in [-0.05, 0) is 18.9 Å². The normalized spacial score (nSPS) is 18.4. The van der Waals surface area contributed by atoms with E-state index in [-0.39, 0.29) is 17.8 Å². The summed E-state index contributed by atoms with van der Waals surface area (Å²) < 4.78 is 5.33. The van der Waals surface area contributed by atoms with Crippen LogP contribution in [-0.2, 0) is 11.3 Å². The van der Waals surface area contributed by atoms with E-state index in [1.807, 2.05) is 12.1 Å². The first-order valence-electron chi connectivity index (χ1n) is 6.53. The van der Waals surface area contributed by atoms with Gasteiger partial charge in [0.05, 0.1) is 11.6 Å². The van der Waals surface area contributed by atoms with Gasteiger partial charge in [0.15, 0.2) is 0 Å². The van der Waals surface area contributed by atoms with Crippen LogP contribution >= 0.6 is 11.6 Å².